The predicted octanol–water partition coefficient (Wildman–Crippen LogP) is 6.38. The second kappa shape index (κ2) is 12.5. The average Bonchev–Trinajstić information content (AvgIpc) is 2.92. The Morgan fingerprint density at radius 2 is 1.47 bits per heavy atom. The van der Waals surface area contributed by atoms with Crippen molar-refractivity contribution in [1.82, 2.24) is 9.88 Å². The van der Waals surface area contributed by atoms with Crippen LogP contribution in [0.1, 0.15) is 32.7 Å². The largest absolute Gasteiger partial charge is 0.465 e. The average molecular weight is 481 g/mol. The van der Waals surface area contributed by atoms with Gasteiger partial charge in [-0.05, 0) is 34.9 Å². The molecule has 1 aromatic heterocycles. The molecule has 182 valence electrons. The highest BCUT2D eigenvalue weighted by Gasteiger charge is 2.16. The first kappa shape index (κ1) is 24.9. The van der Waals surface area contributed by atoms with Crippen LogP contribution in [0.5, 0.6) is 0 Å². The minimum Gasteiger partial charge on any atom is -0.465 e. The fourth-order valence-electron chi connectivity index (χ4n) is 4.13. The number of hydrogen-bond acceptors (Lipinski definition) is 4. The van der Waals surface area contributed by atoms with Crippen LogP contribution in [0.3, 0.4) is 0 Å². The first-order valence-corrected chi connectivity index (χ1v) is 11.9. The van der Waals surface area contributed by atoms with Gasteiger partial charge in [-0.3, -0.25) is 4.98 Å². The lowest BCUT2D eigenvalue weighted by Crippen LogP contribution is -2.24. The first-order valence-electron chi connectivity index (χ1n) is 11.9. The predicted molar refractivity (Wildman–Crippen MR) is 140 cm³/mol. The van der Waals surface area contributed by atoms with Crippen LogP contribution in [0.25, 0.3) is 0 Å². The van der Waals surface area contributed by atoms with E-state index in [9.17, 15) is 9.18 Å². The molecule has 4 rings (SSSR count). The summed E-state index contributed by atoms with van der Waals surface area (Å²) in [7, 11) is 1.36. The van der Waals surface area contributed by atoms with Crippen molar-refractivity contribution in [2.45, 2.75) is 25.9 Å². The van der Waals surface area contributed by atoms with Crippen LogP contribution in [0.4, 0.5) is 4.39 Å². The highest BCUT2D eigenvalue weighted by molar-refractivity contribution is 5.90. The molecule has 0 radical (unpaired) electrons. The number of methoxy groups -OCH3 is 1. The Labute approximate surface area is 211 Å². The van der Waals surface area contributed by atoms with E-state index in [1.165, 1.54) is 13.2 Å². The first-order chi connectivity index (χ1) is 17.6. The summed E-state index contributed by atoms with van der Waals surface area (Å²) >= 11 is 0. The van der Waals surface area contributed by atoms with Crippen LogP contribution in [0.15, 0.2) is 115 Å². The number of aromatic nitrogens is 1. The second-order valence-electron chi connectivity index (χ2n) is 8.48. The number of rotatable bonds is 10. The van der Waals surface area contributed by atoms with Crippen LogP contribution < -0.4 is 0 Å². The van der Waals surface area contributed by atoms with E-state index in [0.717, 1.165) is 16.8 Å². The number of allylic oxidation sites excluding steroid dienone is 2. The number of halogens is 1. The minimum absolute atomic E-state index is 0.240. The van der Waals surface area contributed by atoms with Gasteiger partial charge >= 0.3 is 5.97 Å². The van der Waals surface area contributed by atoms with E-state index >= 15 is 0 Å². The quantitative estimate of drug-likeness (QED) is 0.247. The molecule has 0 fully saturated rings. The molecule has 0 atom stereocenters. The standard InChI is InChI=1S/C31H29FN2O2/c1-36-31(35)28-16-10-20-33-30(28)19-18-27(21-26-15-8-9-17-29(26)32)34(22-24-11-4-2-5-12-24)23-25-13-6-3-7-14-25/h2-18,20H,19,21-23H2,1H3/b27-18-. The van der Waals surface area contributed by atoms with Gasteiger partial charge in [0.15, 0.2) is 0 Å². The molecule has 0 bridgehead atoms. The fourth-order valence-corrected chi connectivity index (χ4v) is 4.13. The van der Waals surface area contributed by atoms with Gasteiger partial charge in [-0.1, -0.05) is 84.9 Å². The normalized spacial score (nSPS) is 11.2. The summed E-state index contributed by atoms with van der Waals surface area (Å²) < 4.78 is 19.7. The Balaban J connectivity index is 1.73. The fraction of sp³-hybridized carbons (Fsp3) is 0.161. The number of benzene rings is 3. The monoisotopic (exact) mass is 480 g/mol. The summed E-state index contributed by atoms with van der Waals surface area (Å²) in [5.74, 6) is -0.663. The number of ether oxygens (including phenoxy) is 1. The summed E-state index contributed by atoms with van der Waals surface area (Å²) in [5, 5.41) is 0. The Morgan fingerprint density at radius 1 is 0.861 bits per heavy atom. The van der Waals surface area contributed by atoms with E-state index in [1.807, 2.05) is 54.6 Å². The SMILES string of the molecule is COC(=O)c1cccnc1C/C=C(/Cc1ccccc1F)N(Cc1ccccc1)Cc1ccccc1. The number of carbonyl (C=O) groups excluding carboxylic acids is 1. The maximum absolute atomic E-state index is 14.7. The maximum atomic E-state index is 14.7. The molecule has 5 heteroatoms. The molecule has 4 aromatic rings. The van der Waals surface area contributed by atoms with Crippen molar-refractivity contribution in [2.24, 2.45) is 0 Å². The minimum atomic E-state index is -0.424. The highest BCUT2D eigenvalue weighted by atomic mass is 19.1. The van der Waals surface area contributed by atoms with Crippen molar-refractivity contribution in [2.75, 3.05) is 7.11 Å². The molecule has 0 aliphatic carbocycles. The zero-order valence-corrected chi connectivity index (χ0v) is 20.3. The van der Waals surface area contributed by atoms with Gasteiger partial charge in [0, 0.05) is 37.8 Å². The molecule has 0 saturated heterocycles. The van der Waals surface area contributed by atoms with Crippen molar-refractivity contribution in [3.8, 4) is 0 Å². The molecule has 0 aliphatic heterocycles. The van der Waals surface area contributed by atoms with Gasteiger partial charge in [0.05, 0.1) is 18.4 Å². The van der Waals surface area contributed by atoms with Gasteiger partial charge in [0.2, 0.25) is 0 Å². The molecule has 3 aromatic carbocycles. The Morgan fingerprint density at radius 3 is 2.08 bits per heavy atom. The van der Waals surface area contributed by atoms with Crippen molar-refractivity contribution < 1.29 is 13.9 Å². The Bertz CT molecular complexity index is 1260. The third-order valence-corrected chi connectivity index (χ3v) is 5.99. The van der Waals surface area contributed by atoms with Crippen LogP contribution in [0, 0.1) is 5.82 Å². The number of carbonyl (C=O) groups is 1. The van der Waals surface area contributed by atoms with Crippen molar-refractivity contribution in [1.29, 1.82) is 0 Å². The van der Waals surface area contributed by atoms with Crippen LogP contribution >= 0.6 is 0 Å². The maximum Gasteiger partial charge on any atom is 0.339 e. The highest BCUT2D eigenvalue weighted by Crippen LogP contribution is 2.22. The molecule has 0 aliphatic rings. The Kier molecular flexibility index (Phi) is 8.60. The summed E-state index contributed by atoms with van der Waals surface area (Å²) in [6.07, 6.45) is 4.53. The lowest BCUT2D eigenvalue weighted by atomic mass is 10.0. The molecule has 0 saturated carbocycles. The third kappa shape index (κ3) is 6.66. The molecule has 0 unspecified atom stereocenters. The summed E-state index contributed by atoms with van der Waals surface area (Å²) in [5.41, 5.74) is 4.93. The number of esters is 1. The molecule has 4 nitrogen and oxygen atoms in total. The summed E-state index contributed by atoms with van der Waals surface area (Å²) in [6.45, 7) is 1.31. The third-order valence-electron chi connectivity index (χ3n) is 5.99. The summed E-state index contributed by atoms with van der Waals surface area (Å²) in [4.78, 5) is 19.0. The Hall–Kier alpha value is -4.25. The lowest BCUT2D eigenvalue weighted by Gasteiger charge is -2.29. The van der Waals surface area contributed by atoms with E-state index < -0.39 is 5.97 Å². The zero-order chi connectivity index (χ0) is 25.2. The van der Waals surface area contributed by atoms with Crippen molar-refractivity contribution in [3.63, 3.8) is 0 Å². The second-order valence-corrected chi connectivity index (χ2v) is 8.48. The zero-order valence-electron chi connectivity index (χ0n) is 20.3. The molecule has 0 spiro atoms. The van der Waals surface area contributed by atoms with Gasteiger partial charge in [0.25, 0.3) is 0 Å². The molecule has 1 heterocycles. The molecular formula is C31H29FN2O2. The number of pyridine rings is 1. The number of nitrogens with zero attached hydrogens (tertiary/aromatic N) is 2. The van der Waals surface area contributed by atoms with E-state index in [1.54, 1.807) is 24.4 Å². The van der Waals surface area contributed by atoms with Crippen molar-refractivity contribution in [3.05, 3.63) is 149 Å². The molecular weight excluding hydrogens is 451 g/mol. The van der Waals surface area contributed by atoms with Gasteiger partial charge in [-0.25, -0.2) is 9.18 Å². The molecule has 0 amide bonds. The van der Waals surface area contributed by atoms with Gasteiger partial charge < -0.3 is 9.64 Å². The van der Waals surface area contributed by atoms with Gasteiger partial charge in [-0.2, -0.15) is 0 Å². The lowest BCUT2D eigenvalue weighted by molar-refractivity contribution is 0.0599. The summed E-state index contributed by atoms with van der Waals surface area (Å²) in [6, 6.07) is 30.7. The van der Waals surface area contributed by atoms with Crippen LogP contribution in [-0.2, 0) is 30.7 Å². The van der Waals surface area contributed by atoms with E-state index in [-0.39, 0.29) is 5.82 Å². The smallest absolute Gasteiger partial charge is 0.339 e. The molecule has 0 N–H and O–H groups in total. The van der Waals surface area contributed by atoms with Gasteiger partial charge in [0.1, 0.15) is 5.82 Å². The van der Waals surface area contributed by atoms with E-state index in [0.29, 0.717) is 42.8 Å². The van der Waals surface area contributed by atoms with E-state index in [4.69, 9.17) is 4.74 Å². The molecule has 36 heavy (non-hydrogen) atoms. The van der Waals surface area contributed by atoms with Crippen LogP contribution in [0.2, 0.25) is 0 Å². The van der Waals surface area contributed by atoms with Gasteiger partial charge in [-0.15, -0.1) is 0 Å². The topological polar surface area (TPSA) is 42.4 Å². The number of hydrogen-bond donors (Lipinski definition) is 0. The van der Waals surface area contributed by atoms with E-state index in [2.05, 4.69) is 34.1 Å². The van der Waals surface area contributed by atoms with Crippen LogP contribution in [-0.4, -0.2) is 23.0 Å². The van der Waals surface area contributed by atoms with Crippen molar-refractivity contribution >= 4 is 5.97 Å².